The summed E-state index contributed by atoms with van der Waals surface area (Å²) in [6.45, 7) is 0. The van der Waals surface area contributed by atoms with Crippen molar-refractivity contribution in [3.63, 3.8) is 0 Å². The maximum Gasteiger partial charge on any atom is 0.192 e. The molecular formula is C17H31IN4O. The molecule has 6 heteroatoms. The number of tetrazole rings is 1. The topological polar surface area (TPSA) is 71.5 Å². The summed E-state index contributed by atoms with van der Waals surface area (Å²) in [4.78, 5) is 10.8. The van der Waals surface area contributed by atoms with Crippen molar-refractivity contribution in [1.82, 2.24) is 20.6 Å². The van der Waals surface area contributed by atoms with Crippen molar-refractivity contribution in [2.45, 2.75) is 96.3 Å². The van der Waals surface area contributed by atoms with E-state index in [-0.39, 0.29) is 0 Å². The van der Waals surface area contributed by atoms with Gasteiger partial charge < -0.3 is 0 Å². The summed E-state index contributed by atoms with van der Waals surface area (Å²) in [5.41, 5.74) is 0. The predicted molar refractivity (Wildman–Crippen MR) is 102 cm³/mol. The van der Waals surface area contributed by atoms with Crippen LogP contribution in [-0.4, -0.2) is 24.4 Å². The van der Waals surface area contributed by atoms with E-state index in [0.29, 0.717) is 3.79 Å². The summed E-state index contributed by atoms with van der Waals surface area (Å²) in [6, 6.07) is 0. The number of hydrogen-bond acceptors (Lipinski definition) is 4. The van der Waals surface area contributed by atoms with Gasteiger partial charge in [-0.25, -0.2) is 0 Å². The normalized spacial score (nSPS) is 11.0. The largest absolute Gasteiger partial charge is 0.288 e. The molecule has 1 rings (SSSR count). The first-order valence-electron chi connectivity index (χ1n) is 9.19. The van der Waals surface area contributed by atoms with Crippen LogP contribution in [0.5, 0.6) is 0 Å². The molecule has 23 heavy (non-hydrogen) atoms. The van der Waals surface area contributed by atoms with Gasteiger partial charge in [-0.3, -0.25) is 4.79 Å². The van der Waals surface area contributed by atoms with E-state index in [1.807, 2.05) is 22.6 Å². The van der Waals surface area contributed by atoms with Gasteiger partial charge in [0, 0.05) is 12.8 Å². The first-order valence-corrected chi connectivity index (χ1v) is 10.3. The zero-order valence-electron chi connectivity index (χ0n) is 14.2. The van der Waals surface area contributed by atoms with Gasteiger partial charge in [-0.05, 0) is 35.4 Å². The molecule has 0 atom stereocenters. The molecule has 0 radical (unpaired) electrons. The molecule has 0 aliphatic carbocycles. The molecule has 5 nitrogen and oxygen atoms in total. The molecule has 0 saturated carbocycles. The fourth-order valence-corrected chi connectivity index (χ4v) is 3.16. The number of hydrogen-bond donors (Lipinski definition) is 1. The average Bonchev–Trinajstić information content (AvgIpc) is 3.04. The van der Waals surface area contributed by atoms with Crippen molar-refractivity contribution >= 4 is 26.4 Å². The van der Waals surface area contributed by atoms with E-state index in [0.717, 1.165) is 25.1 Å². The molecule has 1 aromatic rings. The van der Waals surface area contributed by atoms with Crippen LogP contribution in [0, 0.1) is 0 Å². The molecule has 0 aliphatic heterocycles. The third-order valence-corrected chi connectivity index (χ3v) is 4.70. The molecule has 0 fully saturated rings. The Morgan fingerprint density at radius 1 is 0.783 bits per heavy atom. The number of unbranched alkanes of at least 4 members (excludes halogenated alkanes) is 12. The van der Waals surface area contributed by atoms with Crippen LogP contribution in [-0.2, 0) is 11.2 Å². The number of nitrogens with one attached hydrogen (secondary N) is 1. The number of aromatic amines is 1. The van der Waals surface area contributed by atoms with Gasteiger partial charge in [0.1, 0.15) is 0 Å². The molecule has 1 heterocycles. The number of halogens is 1. The molecule has 0 unspecified atom stereocenters. The molecule has 1 N–H and O–H groups in total. The monoisotopic (exact) mass is 434 g/mol. The predicted octanol–water partition coefficient (Wildman–Crippen LogP) is 5.17. The highest BCUT2D eigenvalue weighted by Crippen LogP contribution is 2.13. The Morgan fingerprint density at radius 3 is 1.70 bits per heavy atom. The van der Waals surface area contributed by atoms with E-state index in [9.17, 15) is 4.79 Å². The first kappa shape index (κ1) is 20.5. The van der Waals surface area contributed by atoms with E-state index < -0.39 is 0 Å². The lowest BCUT2D eigenvalue weighted by atomic mass is 10.0. The lowest BCUT2D eigenvalue weighted by molar-refractivity contribution is -0.109. The number of aromatic nitrogens is 4. The third-order valence-electron chi connectivity index (χ3n) is 4.16. The van der Waals surface area contributed by atoms with E-state index in [2.05, 4.69) is 20.6 Å². The fourth-order valence-electron chi connectivity index (χ4n) is 2.78. The summed E-state index contributed by atoms with van der Waals surface area (Å²) in [6.07, 6.45) is 18.6. The quantitative estimate of drug-likeness (QED) is 0.222. The lowest BCUT2D eigenvalue weighted by Gasteiger charge is -2.03. The third kappa shape index (κ3) is 13.6. The second-order valence-electron chi connectivity index (χ2n) is 6.28. The van der Waals surface area contributed by atoms with Crippen molar-refractivity contribution in [2.75, 3.05) is 0 Å². The van der Waals surface area contributed by atoms with Gasteiger partial charge in [0.2, 0.25) is 0 Å². The molecule has 0 bridgehead atoms. The second kappa shape index (κ2) is 15.0. The Bertz CT molecular complexity index is 384. The minimum atomic E-state index is 0.303. The summed E-state index contributed by atoms with van der Waals surface area (Å²) in [5, 5.41) is 14.0. The number of H-pyrrole nitrogens is 1. The Balaban J connectivity index is 1.69. The number of carbonyl (C=O) groups excluding carboxylic acids is 1. The number of carbonyl (C=O) groups is 1. The SMILES string of the molecule is O=C(I)CCCCCCCCCCCCCCCc1nn[nH]n1. The molecule has 0 amide bonds. The van der Waals surface area contributed by atoms with Gasteiger partial charge in [-0.1, -0.05) is 75.8 Å². The minimum absolute atomic E-state index is 0.303. The van der Waals surface area contributed by atoms with Crippen molar-refractivity contribution in [2.24, 2.45) is 0 Å². The zero-order chi connectivity index (χ0) is 16.6. The molecular weight excluding hydrogens is 403 g/mol. The van der Waals surface area contributed by atoms with Crippen LogP contribution in [0.3, 0.4) is 0 Å². The van der Waals surface area contributed by atoms with Gasteiger partial charge in [-0.15, -0.1) is 10.2 Å². The van der Waals surface area contributed by atoms with Gasteiger partial charge in [-0.2, -0.15) is 5.21 Å². The van der Waals surface area contributed by atoms with Crippen molar-refractivity contribution in [1.29, 1.82) is 0 Å². The van der Waals surface area contributed by atoms with Crippen molar-refractivity contribution < 1.29 is 4.79 Å². The maximum atomic E-state index is 10.8. The average molecular weight is 434 g/mol. The van der Waals surface area contributed by atoms with E-state index in [4.69, 9.17) is 0 Å². The lowest BCUT2D eigenvalue weighted by Crippen LogP contribution is -1.89. The highest BCUT2D eigenvalue weighted by molar-refractivity contribution is 14.1. The molecule has 0 aliphatic rings. The molecule has 0 saturated heterocycles. The van der Waals surface area contributed by atoms with Gasteiger partial charge in [0.15, 0.2) is 9.61 Å². The summed E-state index contributed by atoms with van der Waals surface area (Å²) >= 11 is 1.89. The van der Waals surface area contributed by atoms with Gasteiger partial charge >= 0.3 is 0 Å². The number of nitrogens with zero attached hydrogens (tertiary/aromatic N) is 3. The summed E-state index contributed by atoms with van der Waals surface area (Å²) < 4.78 is 0.303. The standard InChI is InChI=1S/C17H31IN4O/c18-16(23)14-12-10-8-6-4-2-1-3-5-7-9-11-13-15-17-19-21-22-20-17/h1-15H2,(H,19,20,21,22). The molecule has 132 valence electrons. The van der Waals surface area contributed by atoms with Crippen LogP contribution in [0.2, 0.25) is 0 Å². The summed E-state index contributed by atoms with van der Waals surface area (Å²) in [7, 11) is 0. The van der Waals surface area contributed by atoms with E-state index in [1.165, 1.54) is 77.0 Å². The Hall–Kier alpha value is -0.530. The highest BCUT2D eigenvalue weighted by atomic mass is 127. The first-order chi connectivity index (χ1) is 11.3. The maximum absolute atomic E-state index is 10.8. The van der Waals surface area contributed by atoms with Crippen LogP contribution >= 0.6 is 22.6 Å². The summed E-state index contributed by atoms with van der Waals surface area (Å²) in [5.74, 6) is 0.839. The van der Waals surface area contributed by atoms with Gasteiger partial charge in [0.25, 0.3) is 0 Å². The van der Waals surface area contributed by atoms with Crippen LogP contribution in [0.15, 0.2) is 0 Å². The molecule has 0 aromatic carbocycles. The van der Waals surface area contributed by atoms with Crippen molar-refractivity contribution in [3.05, 3.63) is 5.82 Å². The van der Waals surface area contributed by atoms with Crippen molar-refractivity contribution in [3.8, 4) is 0 Å². The smallest absolute Gasteiger partial charge is 0.192 e. The van der Waals surface area contributed by atoms with E-state index >= 15 is 0 Å². The minimum Gasteiger partial charge on any atom is -0.288 e. The van der Waals surface area contributed by atoms with Crippen LogP contribution in [0.25, 0.3) is 0 Å². The number of rotatable bonds is 16. The van der Waals surface area contributed by atoms with Crippen LogP contribution < -0.4 is 0 Å². The Morgan fingerprint density at radius 2 is 1.26 bits per heavy atom. The van der Waals surface area contributed by atoms with E-state index in [1.54, 1.807) is 0 Å². The Kier molecular flexibility index (Phi) is 13.4. The second-order valence-corrected chi connectivity index (χ2v) is 7.48. The molecule has 1 aromatic heterocycles. The Labute approximate surface area is 153 Å². The van der Waals surface area contributed by atoms with Gasteiger partial charge in [0.05, 0.1) is 0 Å². The highest BCUT2D eigenvalue weighted by Gasteiger charge is 1.98. The molecule has 0 spiro atoms. The number of aryl methyl sites for hydroxylation is 1. The van der Waals surface area contributed by atoms with Crippen LogP contribution in [0.1, 0.15) is 95.7 Å². The fraction of sp³-hybridized carbons (Fsp3) is 0.882. The van der Waals surface area contributed by atoms with Crippen LogP contribution in [0.4, 0.5) is 0 Å². The zero-order valence-corrected chi connectivity index (χ0v) is 16.4.